The molecule has 0 spiro atoms. The Balaban J connectivity index is 1.41. The number of anilines is 1. The lowest BCUT2D eigenvalue weighted by atomic mass is 9.98. The van der Waals surface area contributed by atoms with Crippen LogP contribution in [0.2, 0.25) is 0 Å². The van der Waals surface area contributed by atoms with Gasteiger partial charge in [-0.3, -0.25) is 9.59 Å². The van der Waals surface area contributed by atoms with E-state index in [4.69, 9.17) is 0 Å². The quantitative estimate of drug-likeness (QED) is 0.572. The minimum absolute atomic E-state index is 0.121. The van der Waals surface area contributed by atoms with E-state index in [-0.39, 0.29) is 17.8 Å². The SMILES string of the molecule is CCc1ccccc1NC(=O)N1CCN(C(=O)[C@@H](Cc2cccc3ccccc23)NC(C)=O)CC1. The number of rotatable bonds is 6. The lowest BCUT2D eigenvalue weighted by Gasteiger charge is -2.36. The second-order valence-electron chi connectivity index (χ2n) is 8.85. The number of aryl methyl sites for hydroxylation is 1. The average molecular weight is 473 g/mol. The van der Waals surface area contributed by atoms with E-state index in [1.165, 1.54) is 6.92 Å². The fraction of sp³-hybridized carbons (Fsp3) is 0.321. The van der Waals surface area contributed by atoms with Gasteiger partial charge in [0.05, 0.1) is 0 Å². The molecule has 3 aromatic rings. The monoisotopic (exact) mass is 472 g/mol. The predicted octanol–water partition coefficient (Wildman–Crippen LogP) is 3.83. The van der Waals surface area contributed by atoms with Crippen LogP contribution in [0.25, 0.3) is 10.8 Å². The number of hydrogen-bond acceptors (Lipinski definition) is 3. The molecule has 0 aromatic heterocycles. The fourth-order valence-electron chi connectivity index (χ4n) is 4.63. The Morgan fingerprint density at radius 1 is 0.829 bits per heavy atom. The first-order valence-electron chi connectivity index (χ1n) is 12.1. The molecule has 1 saturated heterocycles. The van der Waals surface area contributed by atoms with Gasteiger partial charge in [-0.25, -0.2) is 4.79 Å². The first-order valence-corrected chi connectivity index (χ1v) is 12.1. The number of hydrogen-bond donors (Lipinski definition) is 2. The Morgan fingerprint density at radius 2 is 1.46 bits per heavy atom. The van der Waals surface area contributed by atoms with Crippen LogP contribution in [-0.4, -0.2) is 59.9 Å². The summed E-state index contributed by atoms with van der Waals surface area (Å²) in [5, 5.41) is 8.02. The number of benzene rings is 3. The molecule has 2 N–H and O–H groups in total. The molecule has 0 radical (unpaired) electrons. The molecule has 1 aliphatic rings. The predicted molar refractivity (Wildman–Crippen MR) is 138 cm³/mol. The summed E-state index contributed by atoms with van der Waals surface area (Å²) in [6.45, 7) is 5.21. The summed E-state index contributed by atoms with van der Waals surface area (Å²) in [6.07, 6.45) is 1.24. The third-order valence-electron chi connectivity index (χ3n) is 6.50. The molecule has 0 aliphatic carbocycles. The summed E-state index contributed by atoms with van der Waals surface area (Å²) in [4.78, 5) is 41.6. The zero-order chi connectivity index (χ0) is 24.8. The number of carbonyl (C=O) groups excluding carboxylic acids is 3. The molecule has 182 valence electrons. The van der Waals surface area contributed by atoms with Crippen LogP contribution in [0, 0.1) is 0 Å². The van der Waals surface area contributed by atoms with E-state index in [0.717, 1.165) is 34.0 Å². The van der Waals surface area contributed by atoms with E-state index in [9.17, 15) is 14.4 Å². The van der Waals surface area contributed by atoms with Crippen LogP contribution in [-0.2, 0) is 22.4 Å². The number of urea groups is 1. The van der Waals surface area contributed by atoms with Crippen molar-refractivity contribution in [3.63, 3.8) is 0 Å². The van der Waals surface area contributed by atoms with E-state index in [1.54, 1.807) is 9.80 Å². The molecule has 7 nitrogen and oxygen atoms in total. The van der Waals surface area contributed by atoms with Crippen LogP contribution in [0.15, 0.2) is 66.7 Å². The number of nitrogens with one attached hydrogen (secondary N) is 2. The maximum atomic E-state index is 13.4. The molecule has 35 heavy (non-hydrogen) atoms. The number of nitrogens with zero attached hydrogens (tertiary/aromatic N) is 2. The van der Waals surface area contributed by atoms with Gasteiger partial charge in [-0.2, -0.15) is 0 Å². The number of para-hydroxylation sites is 1. The van der Waals surface area contributed by atoms with Crippen LogP contribution < -0.4 is 10.6 Å². The zero-order valence-electron chi connectivity index (χ0n) is 20.3. The summed E-state index contributed by atoms with van der Waals surface area (Å²) in [5.41, 5.74) is 2.92. The van der Waals surface area contributed by atoms with Gasteiger partial charge in [-0.1, -0.05) is 67.6 Å². The van der Waals surface area contributed by atoms with E-state index in [2.05, 4.69) is 17.6 Å². The number of amides is 4. The highest BCUT2D eigenvalue weighted by Crippen LogP contribution is 2.21. The normalized spacial score (nSPS) is 14.5. The van der Waals surface area contributed by atoms with Gasteiger partial charge in [0.25, 0.3) is 0 Å². The zero-order valence-corrected chi connectivity index (χ0v) is 20.3. The molecule has 0 saturated carbocycles. The highest BCUT2D eigenvalue weighted by molar-refractivity contribution is 5.91. The number of carbonyl (C=O) groups is 3. The Hall–Kier alpha value is -3.87. The third kappa shape index (κ3) is 5.80. The van der Waals surface area contributed by atoms with Crippen molar-refractivity contribution in [1.29, 1.82) is 0 Å². The molecular weight excluding hydrogens is 440 g/mol. The van der Waals surface area contributed by atoms with Crippen LogP contribution in [0.3, 0.4) is 0 Å². The molecule has 1 atom stereocenters. The molecule has 1 aliphatic heterocycles. The summed E-state index contributed by atoms with van der Waals surface area (Å²) in [5.74, 6) is -0.360. The molecule has 4 amide bonds. The second-order valence-corrected chi connectivity index (χ2v) is 8.85. The van der Waals surface area contributed by atoms with E-state index in [1.807, 2.05) is 66.7 Å². The average Bonchev–Trinajstić information content (AvgIpc) is 2.88. The first-order chi connectivity index (χ1) is 17.0. The van der Waals surface area contributed by atoms with Crippen molar-refractivity contribution in [3.8, 4) is 0 Å². The first kappa shape index (κ1) is 24.3. The standard InChI is InChI=1S/C28H32N4O3/c1-3-21-9-5-7-14-25(21)30-28(35)32-17-15-31(16-18-32)27(34)26(29-20(2)33)19-23-12-8-11-22-10-4-6-13-24(22)23/h4-14,26H,3,15-19H2,1-2H3,(H,29,33)(H,30,35)/t26-/m1/s1. The van der Waals surface area contributed by atoms with Crippen LogP contribution >= 0.6 is 0 Å². The van der Waals surface area contributed by atoms with Gasteiger partial charge in [-0.15, -0.1) is 0 Å². The van der Waals surface area contributed by atoms with Gasteiger partial charge in [0.1, 0.15) is 6.04 Å². The lowest BCUT2D eigenvalue weighted by molar-refractivity contribution is -0.137. The fourth-order valence-corrected chi connectivity index (χ4v) is 4.63. The van der Waals surface area contributed by atoms with E-state index < -0.39 is 6.04 Å². The van der Waals surface area contributed by atoms with Crippen LogP contribution in [0.4, 0.5) is 10.5 Å². The topological polar surface area (TPSA) is 81.8 Å². The van der Waals surface area contributed by atoms with Crippen molar-refractivity contribution in [3.05, 3.63) is 77.9 Å². The highest BCUT2D eigenvalue weighted by Gasteiger charge is 2.30. The number of fused-ring (bicyclic) bond motifs is 1. The van der Waals surface area contributed by atoms with Gasteiger partial charge < -0.3 is 20.4 Å². The molecular formula is C28H32N4O3. The highest BCUT2D eigenvalue weighted by atomic mass is 16.2. The molecule has 4 rings (SSSR count). The van der Waals surface area contributed by atoms with Crippen LogP contribution in [0.5, 0.6) is 0 Å². The molecule has 0 unspecified atom stereocenters. The number of piperazine rings is 1. The Morgan fingerprint density at radius 3 is 2.20 bits per heavy atom. The third-order valence-corrected chi connectivity index (χ3v) is 6.50. The Kier molecular flexibility index (Phi) is 7.65. The molecule has 0 bridgehead atoms. The van der Waals surface area contributed by atoms with Crippen molar-refractivity contribution >= 4 is 34.3 Å². The summed E-state index contributed by atoms with van der Waals surface area (Å²) >= 11 is 0. The Bertz CT molecular complexity index is 1210. The summed E-state index contributed by atoms with van der Waals surface area (Å²) in [6, 6.07) is 21.0. The van der Waals surface area contributed by atoms with Gasteiger partial charge >= 0.3 is 6.03 Å². The van der Waals surface area contributed by atoms with Crippen molar-refractivity contribution in [2.24, 2.45) is 0 Å². The van der Waals surface area contributed by atoms with Crippen molar-refractivity contribution in [2.45, 2.75) is 32.7 Å². The van der Waals surface area contributed by atoms with Crippen molar-refractivity contribution in [2.75, 3.05) is 31.5 Å². The van der Waals surface area contributed by atoms with Gasteiger partial charge in [0, 0.05) is 45.2 Å². The van der Waals surface area contributed by atoms with E-state index >= 15 is 0 Å². The molecule has 1 heterocycles. The van der Waals surface area contributed by atoms with Gasteiger partial charge in [-0.05, 0) is 34.4 Å². The minimum atomic E-state index is -0.657. The van der Waals surface area contributed by atoms with Crippen molar-refractivity contribution < 1.29 is 14.4 Å². The summed E-state index contributed by atoms with van der Waals surface area (Å²) in [7, 11) is 0. The maximum absolute atomic E-state index is 13.4. The van der Waals surface area contributed by atoms with Crippen LogP contribution in [0.1, 0.15) is 25.0 Å². The van der Waals surface area contributed by atoms with Gasteiger partial charge in [0.2, 0.25) is 11.8 Å². The second kappa shape index (κ2) is 11.0. The minimum Gasteiger partial charge on any atom is -0.344 e. The van der Waals surface area contributed by atoms with Gasteiger partial charge in [0.15, 0.2) is 0 Å². The lowest BCUT2D eigenvalue weighted by Crippen LogP contribution is -2.56. The largest absolute Gasteiger partial charge is 0.344 e. The van der Waals surface area contributed by atoms with Crippen molar-refractivity contribution in [1.82, 2.24) is 15.1 Å². The smallest absolute Gasteiger partial charge is 0.321 e. The Labute approximate surface area is 206 Å². The molecule has 3 aromatic carbocycles. The molecule has 1 fully saturated rings. The summed E-state index contributed by atoms with van der Waals surface area (Å²) < 4.78 is 0. The molecule has 7 heteroatoms. The maximum Gasteiger partial charge on any atom is 0.321 e. The van der Waals surface area contributed by atoms with E-state index in [0.29, 0.717) is 32.6 Å².